The zero-order chi connectivity index (χ0) is 15.5. The average molecular weight is 420 g/mol. The minimum Gasteiger partial charge on any atom is -0.392 e. The predicted molar refractivity (Wildman–Crippen MR) is 90.0 cm³/mol. The highest BCUT2D eigenvalue weighted by molar-refractivity contribution is 9.10. The van der Waals surface area contributed by atoms with Crippen molar-refractivity contribution in [3.8, 4) is 0 Å². The van der Waals surface area contributed by atoms with Crippen molar-refractivity contribution < 1.29 is 8.42 Å². The highest BCUT2D eigenvalue weighted by Gasteiger charge is 2.26. The Morgan fingerprint density at radius 3 is 2.35 bits per heavy atom. The fourth-order valence-corrected chi connectivity index (χ4v) is 5.02. The minimum absolute atomic E-state index is 0.0232. The van der Waals surface area contributed by atoms with Gasteiger partial charge in [-0.2, -0.15) is 0 Å². The van der Waals surface area contributed by atoms with Crippen LogP contribution in [0, 0.1) is 0 Å². The first-order valence-corrected chi connectivity index (χ1v) is 9.09. The van der Waals surface area contributed by atoms with E-state index >= 15 is 0 Å². The molecule has 0 saturated heterocycles. The lowest BCUT2D eigenvalue weighted by molar-refractivity contribution is 0.567. The number of thiocarbonyl (C=S) groups is 1. The smallest absolute Gasteiger partial charge is 0.244 e. The zero-order valence-corrected chi connectivity index (χ0v) is 15.2. The number of rotatable bonds is 6. The molecule has 1 atom stereocenters. The molecule has 1 aromatic rings. The fraction of sp³-hybridized carbons (Fsp3) is 0.364. The van der Waals surface area contributed by atoms with Gasteiger partial charge >= 0.3 is 0 Å². The summed E-state index contributed by atoms with van der Waals surface area (Å²) >= 11 is 20.0. The first-order valence-electron chi connectivity index (χ1n) is 5.65. The van der Waals surface area contributed by atoms with Crippen molar-refractivity contribution in [1.29, 1.82) is 0 Å². The van der Waals surface area contributed by atoms with E-state index in [1.54, 1.807) is 0 Å². The average Bonchev–Trinajstić information content (AvgIpc) is 2.25. The number of hydrogen-bond acceptors (Lipinski definition) is 3. The number of nitrogens with one attached hydrogen (secondary N) is 1. The third-order valence-corrected chi connectivity index (χ3v) is 5.58. The van der Waals surface area contributed by atoms with Gasteiger partial charge in [-0.25, -0.2) is 13.1 Å². The van der Waals surface area contributed by atoms with Crippen LogP contribution in [0.3, 0.4) is 0 Å². The molecule has 0 heterocycles. The third kappa shape index (κ3) is 4.54. The van der Waals surface area contributed by atoms with Gasteiger partial charge in [0.1, 0.15) is 4.90 Å². The lowest BCUT2D eigenvalue weighted by Crippen LogP contribution is -2.43. The molecule has 1 rings (SSSR count). The highest BCUT2D eigenvalue weighted by atomic mass is 79.9. The summed E-state index contributed by atoms with van der Waals surface area (Å²) in [5.74, 6) is 0. The Kier molecular flexibility index (Phi) is 6.69. The van der Waals surface area contributed by atoms with Gasteiger partial charge in [-0.3, -0.25) is 0 Å². The van der Waals surface area contributed by atoms with E-state index < -0.39 is 16.1 Å². The molecule has 0 aromatic heterocycles. The summed E-state index contributed by atoms with van der Waals surface area (Å²) in [5.41, 5.74) is 5.54. The Bertz CT molecular complexity index is 600. The van der Waals surface area contributed by atoms with E-state index in [0.29, 0.717) is 10.9 Å². The Hall–Kier alpha value is 0.0800. The zero-order valence-electron chi connectivity index (χ0n) is 10.5. The van der Waals surface area contributed by atoms with Gasteiger partial charge in [0.25, 0.3) is 0 Å². The van der Waals surface area contributed by atoms with Crippen LogP contribution in [-0.2, 0) is 10.0 Å². The molecule has 112 valence electrons. The molecule has 0 aliphatic rings. The largest absolute Gasteiger partial charge is 0.392 e. The monoisotopic (exact) mass is 418 g/mol. The van der Waals surface area contributed by atoms with E-state index in [1.807, 2.05) is 6.92 Å². The molecule has 4 nitrogen and oxygen atoms in total. The summed E-state index contributed by atoms with van der Waals surface area (Å²) in [7, 11) is -3.91. The second-order valence-electron chi connectivity index (χ2n) is 4.06. The van der Waals surface area contributed by atoms with Crippen LogP contribution in [0.1, 0.15) is 19.8 Å². The van der Waals surface area contributed by atoms with E-state index in [4.69, 9.17) is 41.2 Å². The van der Waals surface area contributed by atoms with Gasteiger partial charge < -0.3 is 5.73 Å². The van der Waals surface area contributed by atoms with Crippen LogP contribution in [0.5, 0.6) is 0 Å². The number of hydrogen-bond donors (Lipinski definition) is 2. The van der Waals surface area contributed by atoms with Gasteiger partial charge in [-0.15, -0.1) is 0 Å². The van der Waals surface area contributed by atoms with Crippen LogP contribution in [0.4, 0.5) is 0 Å². The molecule has 0 amide bonds. The van der Waals surface area contributed by atoms with Crippen molar-refractivity contribution in [2.24, 2.45) is 5.73 Å². The summed E-state index contributed by atoms with van der Waals surface area (Å²) in [6.45, 7) is 1.90. The fourth-order valence-electron chi connectivity index (χ4n) is 1.58. The summed E-state index contributed by atoms with van der Waals surface area (Å²) in [5, 5.41) is 0.0464. The molecule has 3 N–H and O–H groups in total. The van der Waals surface area contributed by atoms with Crippen LogP contribution in [0.25, 0.3) is 0 Å². The molecule has 0 fully saturated rings. The summed E-state index contributed by atoms with van der Waals surface area (Å²) in [6, 6.07) is 2.28. The molecule has 0 saturated carbocycles. The summed E-state index contributed by atoms with van der Waals surface area (Å²) in [6.07, 6.45) is 1.23. The normalized spacial score (nSPS) is 13.2. The van der Waals surface area contributed by atoms with Crippen molar-refractivity contribution in [3.05, 3.63) is 26.7 Å². The van der Waals surface area contributed by atoms with E-state index in [-0.39, 0.29) is 19.9 Å². The van der Waals surface area contributed by atoms with Gasteiger partial charge in [-0.1, -0.05) is 64.7 Å². The first kappa shape index (κ1) is 18.1. The van der Waals surface area contributed by atoms with Crippen LogP contribution >= 0.6 is 51.3 Å². The van der Waals surface area contributed by atoms with Crippen LogP contribution in [-0.4, -0.2) is 19.4 Å². The Morgan fingerprint density at radius 2 is 1.95 bits per heavy atom. The molecule has 0 aliphatic heterocycles. The quantitative estimate of drug-likeness (QED) is 0.692. The standard InChI is InChI=1S/C11H13BrCl2N2O2S2/c1-2-3-9(11(15)19)16-20(17,18)10-7(13)4-6(12)5-8(10)14/h4-5,9,16H,2-3H2,1H3,(H2,15,19). The molecule has 0 aliphatic carbocycles. The Labute approximate surface area is 142 Å². The maximum atomic E-state index is 12.4. The number of sulfonamides is 1. The van der Waals surface area contributed by atoms with E-state index in [1.165, 1.54) is 12.1 Å². The van der Waals surface area contributed by atoms with Gasteiger partial charge in [0.15, 0.2) is 0 Å². The molecule has 9 heteroatoms. The van der Waals surface area contributed by atoms with Crippen molar-refractivity contribution in [3.63, 3.8) is 0 Å². The van der Waals surface area contributed by atoms with E-state index in [2.05, 4.69) is 20.7 Å². The lowest BCUT2D eigenvalue weighted by Gasteiger charge is -2.18. The highest BCUT2D eigenvalue weighted by Crippen LogP contribution is 2.32. The van der Waals surface area contributed by atoms with Crippen molar-refractivity contribution in [2.75, 3.05) is 0 Å². The van der Waals surface area contributed by atoms with Crippen LogP contribution in [0.15, 0.2) is 21.5 Å². The molecule has 1 aromatic carbocycles. The topological polar surface area (TPSA) is 72.2 Å². The van der Waals surface area contributed by atoms with E-state index in [0.717, 1.165) is 6.42 Å². The van der Waals surface area contributed by atoms with Crippen LogP contribution in [0.2, 0.25) is 10.0 Å². The molecular formula is C11H13BrCl2N2O2S2. The van der Waals surface area contributed by atoms with E-state index in [9.17, 15) is 8.42 Å². The lowest BCUT2D eigenvalue weighted by atomic mass is 10.2. The molecule has 20 heavy (non-hydrogen) atoms. The molecule has 0 spiro atoms. The number of benzene rings is 1. The first-order chi connectivity index (χ1) is 9.19. The Morgan fingerprint density at radius 1 is 1.45 bits per heavy atom. The Balaban J connectivity index is 3.20. The maximum Gasteiger partial charge on any atom is 0.244 e. The summed E-state index contributed by atoms with van der Waals surface area (Å²) in [4.78, 5) is -0.0961. The van der Waals surface area contributed by atoms with Crippen molar-refractivity contribution in [2.45, 2.75) is 30.7 Å². The van der Waals surface area contributed by atoms with Crippen molar-refractivity contribution in [1.82, 2.24) is 4.72 Å². The number of halogens is 3. The molecule has 1 unspecified atom stereocenters. The minimum atomic E-state index is -3.91. The second kappa shape index (κ2) is 7.38. The molecular weight excluding hydrogens is 407 g/mol. The van der Waals surface area contributed by atoms with Gasteiger partial charge in [0, 0.05) is 4.47 Å². The van der Waals surface area contributed by atoms with Crippen LogP contribution < -0.4 is 10.5 Å². The summed E-state index contributed by atoms with van der Waals surface area (Å²) < 4.78 is 27.8. The van der Waals surface area contributed by atoms with Gasteiger partial charge in [0.2, 0.25) is 10.0 Å². The SMILES string of the molecule is CCCC(NS(=O)(=O)c1c(Cl)cc(Br)cc1Cl)C(N)=S. The maximum absolute atomic E-state index is 12.4. The second-order valence-corrected chi connectivity index (χ2v) is 7.92. The third-order valence-electron chi connectivity index (χ3n) is 2.45. The molecule has 0 radical (unpaired) electrons. The van der Waals surface area contributed by atoms with Gasteiger partial charge in [0.05, 0.1) is 21.1 Å². The van der Waals surface area contributed by atoms with Gasteiger partial charge in [-0.05, 0) is 18.6 Å². The number of nitrogens with two attached hydrogens (primary N) is 1. The van der Waals surface area contributed by atoms with Crippen molar-refractivity contribution >= 4 is 66.4 Å². The predicted octanol–water partition coefficient (Wildman–Crippen LogP) is 3.49. The molecule has 0 bridgehead atoms.